The molecule has 6 saturated heterocycles. The summed E-state index contributed by atoms with van der Waals surface area (Å²) >= 11 is 6.23. The second kappa shape index (κ2) is 41.8. The number of rotatable bonds is 18. The van der Waals surface area contributed by atoms with E-state index in [9.17, 15) is 28.8 Å². The number of para-hydroxylation sites is 6. The molecule has 18 rings (SSSR count). The Morgan fingerprint density at radius 3 is 1.01 bits per heavy atom. The van der Waals surface area contributed by atoms with Crippen molar-refractivity contribution in [2.24, 2.45) is 5.73 Å². The molecule has 25 heteroatoms. The molecule has 628 valence electrons. The molecule has 0 spiro atoms. The van der Waals surface area contributed by atoms with Gasteiger partial charge in [0.15, 0.2) is 5.15 Å². The number of aromatic carboxylic acids is 1. The number of nitrogens with zero attached hydrogens (tertiary/aromatic N) is 9. The average Bonchev–Trinajstić information content (AvgIpc) is 1.47. The molecule has 6 bridgehead atoms. The van der Waals surface area contributed by atoms with Gasteiger partial charge in [0.25, 0.3) is 16.7 Å². The van der Waals surface area contributed by atoms with E-state index in [0.717, 1.165) is 83.7 Å². The number of aromatic nitrogens is 6. The Hall–Kier alpha value is -7.58. The number of esters is 2. The molecule has 9 fully saturated rings. The van der Waals surface area contributed by atoms with Gasteiger partial charge in [-0.25, -0.2) is 29.3 Å². The topological polar surface area (TPSA) is 300 Å². The summed E-state index contributed by atoms with van der Waals surface area (Å²) in [5.41, 5.74) is 11.6. The smallest absolute Gasteiger partial charge is 0.870 e. The van der Waals surface area contributed by atoms with E-state index in [1.54, 1.807) is 44.2 Å². The van der Waals surface area contributed by atoms with E-state index in [0.29, 0.717) is 116 Å². The second-order valence-electron chi connectivity index (χ2n) is 34.1. The van der Waals surface area contributed by atoms with Crippen molar-refractivity contribution in [3.8, 4) is 0 Å². The van der Waals surface area contributed by atoms with Crippen molar-refractivity contribution in [3.05, 3.63) is 191 Å². The van der Waals surface area contributed by atoms with E-state index in [-0.39, 0.29) is 92.3 Å². The number of ether oxygens (including phenoxy) is 2. The maximum absolute atomic E-state index is 14.0. The molecule has 23 nitrogen and oxygen atoms in total. The largest absolute Gasteiger partial charge is 1.00 e. The van der Waals surface area contributed by atoms with Crippen molar-refractivity contribution in [2.75, 3.05) is 13.2 Å². The maximum atomic E-state index is 14.0. The van der Waals surface area contributed by atoms with Crippen LogP contribution in [0.4, 0.5) is 0 Å². The zero-order chi connectivity index (χ0) is 80.2. The molecule has 3 saturated carbocycles. The normalized spacial score (nSPS) is 24.1. The summed E-state index contributed by atoms with van der Waals surface area (Å²) in [6.45, 7) is 4.45. The number of carboxylic acids is 1. The van der Waals surface area contributed by atoms with Gasteiger partial charge in [-0.1, -0.05) is 144 Å². The summed E-state index contributed by atoms with van der Waals surface area (Å²) in [4.78, 5) is 97.4. The van der Waals surface area contributed by atoms with Crippen LogP contribution < -0.4 is 52.0 Å². The Balaban J connectivity index is 0.000000143. The molecule has 3 unspecified atom stereocenters. The number of hydrogen-bond donors (Lipinski definition) is 2. The number of hydrogen-bond acceptors (Lipinski definition) is 19. The van der Waals surface area contributed by atoms with Gasteiger partial charge < -0.3 is 52.7 Å². The van der Waals surface area contributed by atoms with Crippen LogP contribution in [0.1, 0.15) is 304 Å². The van der Waals surface area contributed by atoms with Crippen LogP contribution in [0.5, 0.6) is 0 Å². The van der Waals surface area contributed by atoms with Gasteiger partial charge >= 0.3 is 47.5 Å². The van der Waals surface area contributed by atoms with Gasteiger partial charge in [0.05, 0.1) is 52.9 Å². The third kappa shape index (κ3) is 20.4. The van der Waals surface area contributed by atoms with Gasteiger partial charge in [-0.05, 0) is 202 Å². The van der Waals surface area contributed by atoms with E-state index >= 15 is 0 Å². The maximum Gasteiger partial charge on any atom is 1.00 e. The predicted octanol–water partition coefficient (Wildman–Crippen LogP) is 15.1. The fourth-order valence-electron chi connectivity index (χ4n) is 21.9. The first-order valence-electron chi connectivity index (χ1n) is 44.2. The van der Waals surface area contributed by atoms with E-state index < -0.39 is 17.9 Å². The number of fused-ring (bicyclic) bond motifs is 9. The molecule has 6 aromatic heterocycles. The summed E-state index contributed by atoms with van der Waals surface area (Å²) in [6, 6.07) is 40.1. The van der Waals surface area contributed by atoms with Crippen molar-refractivity contribution in [1.82, 2.24) is 43.4 Å². The molecule has 9 aliphatic rings. The van der Waals surface area contributed by atoms with Gasteiger partial charge in [0.1, 0.15) is 28.7 Å². The predicted molar refractivity (Wildman–Crippen MR) is 452 cm³/mol. The van der Waals surface area contributed by atoms with Gasteiger partial charge in [-0.2, -0.15) is 0 Å². The fourth-order valence-corrected chi connectivity index (χ4v) is 22.0. The molecular weight excluding hydrogens is 1520 g/mol. The van der Waals surface area contributed by atoms with Gasteiger partial charge in [-0.3, -0.25) is 29.1 Å². The van der Waals surface area contributed by atoms with E-state index in [4.69, 9.17) is 55.1 Å². The van der Waals surface area contributed by atoms with Crippen molar-refractivity contribution in [1.29, 1.82) is 0 Å². The van der Waals surface area contributed by atoms with Gasteiger partial charge in [0.2, 0.25) is 17.3 Å². The molecule has 9 aromatic rings. The van der Waals surface area contributed by atoms with Gasteiger partial charge in [-0.15, -0.1) is 0 Å². The SMILES string of the molecule is CCOC(=O)c1ccc(CCc2nc3ccccc3n(C3C[C@H]4CC[C@@H](C3)N4C3CCCCCCC3)c2=O)o1.CCOC(=O)c1ccc(CN)o1.O=C(O)c1ccc(CCc2nc3ccccc3n(C3C[C@H]4CC[C@@H](C3)N4C3CCCCCCC3)c2=O)o1.O=c1c(Cl)nc2ccccc2n1C1C[C@H]2CC[C@@H](C1)N2C1CCCCCCC1.[Na+].[OH-]. The van der Waals surface area contributed by atoms with Gasteiger partial charge in [0, 0.05) is 98.2 Å². The zero-order valence-corrected chi connectivity index (χ0v) is 72.2. The van der Waals surface area contributed by atoms with E-state index in [1.807, 2.05) is 75.9 Å². The number of benzene rings is 3. The van der Waals surface area contributed by atoms with Crippen LogP contribution in [-0.2, 0) is 41.7 Å². The second-order valence-corrected chi connectivity index (χ2v) is 34.5. The van der Waals surface area contributed by atoms with Crippen LogP contribution in [0.25, 0.3) is 33.1 Å². The molecular formula is C93H120ClN10NaO13. The number of halogens is 1. The standard InChI is InChI=1S/C32H41N3O4.C30H37N3O4.C23H30ClN3O.C8H11NO3.Na.H2O/c1-2-38-32(37)30-19-17-26(39-30)16-18-28-31(36)35(29-13-9-8-12-27(29)33-28)25-20-23-14-15-24(21-25)34(23)22-10-6-4-3-5-7-11-22;34-29-26(16-14-24-15-17-28(37-24)30(35)36)31-25-10-6-7-11-27(25)33(29)23-18-21-12-13-22(19-23)32(21)20-8-4-2-1-3-5-9-20;24-22-23(28)27(21-11-7-6-10-20(21)25-22)19-14-17-12-13-18(15-19)26(17)16-8-4-2-1-3-5-9-16;1-2-11-8(10)7-4-3-6(5-9)12-7;;/h8-9,12-13,17,19,22-25H,2-7,10-11,14-16,18,20-21H2,1H3;6-7,10-11,15,17,20-23H,1-5,8-9,12-14,16,18-19H2,(H,35,36);6-7,10-11,16-19H,1-5,8-9,12-15H2;3-4H,2,5,9H2,1H3;;1H2/q;;;;+1;/p-1/t23-,24+,25?;21-,22+,23?;17-,18+,19?;;;. The Morgan fingerprint density at radius 1 is 0.390 bits per heavy atom. The number of piperidine rings is 3. The van der Waals surface area contributed by atoms with Crippen LogP contribution >= 0.6 is 11.6 Å². The molecule has 6 aliphatic heterocycles. The Bertz CT molecular complexity index is 4970. The minimum atomic E-state index is -1.09. The first-order chi connectivity index (χ1) is 56.7. The summed E-state index contributed by atoms with van der Waals surface area (Å²) < 4.78 is 32.0. The third-order valence-electron chi connectivity index (χ3n) is 26.9. The average molecular weight is 1640 g/mol. The number of furan rings is 3. The summed E-state index contributed by atoms with van der Waals surface area (Å²) in [7, 11) is 0. The molecule has 0 radical (unpaired) electrons. The Morgan fingerprint density at radius 2 is 0.686 bits per heavy atom. The third-order valence-corrected chi connectivity index (χ3v) is 27.2. The first kappa shape index (κ1) is 88.2. The minimum Gasteiger partial charge on any atom is -0.870 e. The summed E-state index contributed by atoms with van der Waals surface area (Å²) in [6.07, 6.45) is 44.4. The number of aryl methyl sites for hydroxylation is 4. The summed E-state index contributed by atoms with van der Waals surface area (Å²) in [5.74, 6) is 0.127. The Kier molecular flexibility index (Phi) is 31.2. The minimum absolute atomic E-state index is 0. The molecule has 3 aliphatic carbocycles. The Labute approximate surface area is 719 Å². The number of carbonyl (C=O) groups excluding carboxylic acids is 2. The molecule has 9 atom stereocenters. The van der Waals surface area contributed by atoms with E-state index in [1.165, 1.54) is 179 Å². The zero-order valence-electron chi connectivity index (χ0n) is 69.5. The molecule has 4 N–H and O–H groups in total. The van der Waals surface area contributed by atoms with Crippen LogP contribution in [0.15, 0.2) is 137 Å². The molecule has 3 aromatic carbocycles. The van der Waals surface area contributed by atoms with Crippen LogP contribution in [0.3, 0.4) is 0 Å². The fraction of sp³-hybridized carbons (Fsp3) is 0.581. The van der Waals surface area contributed by atoms with E-state index in [2.05, 4.69) is 30.3 Å². The number of carbonyl (C=O) groups is 3. The molecule has 0 amide bonds. The molecule has 12 heterocycles. The van der Waals surface area contributed by atoms with Crippen LogP contribution in [-0.4, -0.2) is 139 Å². The van der Waals surface area contributed by atoms with Crippen LogP contribution in [0.2, 0.25) is 5.15 Å². The molecule has 118 heavy (non-hydrogen) atoms. The van der Waals surface area contributed by atoms with Crippen molar-refractivity contribution < 1.29 is 77.2 Å². The van der Waals surface area contributed by atoms with Crippen molar-refractivity contribution in [2.45, 2.75) is 330 Å². The van der Waals surface area contributed by atoms with Crippen molar-refractivity contribution >= 4 is 62.6 Å². The van der Waals surface area contributed by atoms with Crippen molar-refractivity contribution in [3.63, 3.8) is 0 Å². The monoisotopic (exact) mass is 1640 g/mol. The quantitative estimate of drug-likeness (QED) is 0.0596. The first-order valence-corrected chi connectivity index (χ1v) is 44.6. The van der Waals surface area contributed by atoms with Crippen LogP contribution in [0, 0.1) is 0 Å². The number of carboxylic acid groups (broad SMARTS) is 1. The summed E-state index contributed by atoms with van der Waals surface area (Å²) in [5, 5.41) is 9.24. The number of nitrogens with two attached hydrogens (primary N) is 1.